The molecule has 0 radical (unpaired) electrons. The molecule has 2 fully saturated rings. The Morgan fingerprint density at radius 2 is 1.64 bits per heavy atom. The molecule has 274 valence electrons. The highest BCUT2D eigenvalue weighted by molar-refractivity contribution is 7.88. The number of carbonyl (C=O) groups is 2. The lowest BCUT2D eigenvalue weighted by atomic mass is 9.81. The zero-order valence-corrected chi connectivity index (χ0v) is 31.4. The summed E-state index contributed by atoms with van der Waals surface area (Å²) in [5.41, 5.74) is 4.88. The lowest BCUT2D eigenvalue weighted by Crippen LogP contribution is -2.55. The third-order valence-electron chi connectivity index (χ3n) is 10.9. The summed E-state index contributed by atoms with van der Waals surface area (Å²) < 4.78 is 25.8. The summed E-state index contributed by atoms with van der Waals surface area (Å²) in [5.74, 6) is 0.306. The summed E-state index contributed by atoms with van der Waals surface area (Å²) in [7, 11) is -3.18. The number of aryl methyl sites for hydroxylation is 1. The molecular formula is C40H59N5O4S. The van der Waals surface area contributed by atoms with Crippen molar-refractivity contribution in [3.63, 3.8) is 0 Å². The van der Waals surface area contributed by atoms with Crippen LogP contribution in [-0.2, 0) is 32.5 Å². The molecule has 2 amide bonds. The maximum Gasteiger partial charge on any atom is 0.268 e. The molecule has 0 aromatic heterocycles. The maximum absolute atomic E-state index is 14.1. The SMILES string of the molecule is Cc1ccc(CC(=NC(=O)CC2NCCc3ccccc32)C(=O)N2CCN(C(CCCCC[C@@H](C)NS(C)(=O)=O)C3CCCCC3)CC2)cc1. The van der Waals surface area contributed by atoms with Gasteiger partial charge in [-0.25, -0.2) is 18.1 Å². The van der Waals surface area contributed by atoms with Gasteiger partial charge in [0.2, 0.25) is 15.9 Å². The van der Waals surface area contributed by atoms with Crippen LogP contribution in [0.5, 0.6) is 0 Å². The summed E-state index contributed by atoms with van der Waals surface area (Å²) in [6.07, 6.45) is 14.4. The minimum atomic E-state index is -3.18. The van der Waals surface area contributed by atoms with E-state index in [1.165, 1.54) is 43.9 Å². The second kappa shape index (κ2) is 18.5. The number of fused-ring (bicyclic) bond motifs is 1. The van der Waals surface area contributed by atoms with Crippen LogP contribution in [0.2, 0.25) is 0 Å². The van der Waals surface area contributed by atoms with Crippen LogP contribution < -0.4 is 10.0 Å². The van der Waals surface area contributed by atoms with Gasteiger partial charge in [-0.15, -0.1) is 0 Å². The third-order valence-corrected chi connectivity index (χ3v) is 11.7. The Bertz CT molecular complexity index is 1550. The third kappa shape index (κ3) is 11.6. The standard InChI is InChI=1S/C40H59N5O4S/c1-30-18-20-32(21-19-30)28-37(42-39(46)29-36-35-16-11-10-13-33(35)22-23-41-36)40(47)45-26-24-44(25-27-45)38(34-14-7-5-8-15-34)17-9-4-6-12-31(2)43-50(3,48)49/h10-11,13,16,18-21,31,34,36,38,41,43H,4-9,12,14-15,17,22-29H2,1-3H3/t31-,36?,38?/m1/s1. The van der Waals surface area contributed by atoms with Crippen molar-refractivity contribution < 1.29 is 18.0 Å². The number of hydrogen-bond donors (Lipinski definition) is 2. The number of rotatable bonds is 15. The van der Waals surface area contributed by atoms with Gasteiger partial charge in [-0.3, -0.25) is 14.5 Å². The van der Waals surface area contributed by atoms with Crippen LogP contribution in [0.3, 0.4) is 0 Å². The fourth-order valence-corrected chi connectivity index (χ4v) is 9.14. The molecule has 0 bridgehead atoms. The number of nitrogens with zero attached hydrogens (tertiary/aromatic N) is 3. The average molecular weight is 706 g/mol. The van der Waals surface area contributed by atoms with E-state index < -0.39 is 10.0 Å². The molecule has 2 aromatic carbocycles. The van der Waals surface area contributed by atoms with Crippen LogP contribution >= 0.6 is 0 Å². The summed E-state index contributed by atoms with van der Waals surface area (Å²) in [6, 6.07) is 16.8. The van der Waals surface area contributed by atoms with Gasteiger partial charge in [0.05, 0.1) is 6.26 Å². The second-order valence-electron chi connectivity index (χ2n) is 15.0. The highest BCUT2D eigenvalue weighted by Crippen LogP contribution is 2.32. The largest absolute Gasteiger partial charge is 0.335 e. The Balaban J connectivity index is 1.21. The number of piperazine rings is 1. The van der Waals surface area contributed by atoms with Gasteiger partial charge in [0.25, 0.3) is 5.91 Å². The average Bonchev–Trinajstić information content (AvgIpc) is 3.10. The van der Waals surface area contributed by atoms with Gasteiger partial charge in [0.15, 0.2) is 0 Å². The lowest BCUT2D eigenvalue weighted by Gasteiger charge is -2.43. The molecule has 2 N–H and O–H groups in total. The number of nitrogens with one attached hydrogen (secondary N) is 2. The summed E-state index contributed by atoms with van der Waals surface area (Å²) in [6.45, 7) is 7.73. The number of sulfonamides is 1. The lowest BCUT2D eigenvalue weighted by molar-refractivity contribution is -0.127. The molecule has 50 heavy (non-hydrogen) atoms. The minimum absolute atomic E-state index is 0.0415. The van der Waals surface area contributed by atoms with Crippen LogP contribution in [-0.4, -0.2) is 86.8 Å². The Morgan fingerprint density at radius 3 is 2.36 bits per heavy atom. The first kappa shape index (κ1) is 38.3. The molecular weight excluding hydrogens is 647 g/mol. The minimum Gasteiger partial charge on any atom is -0.335 e. The topological polar surface area (TPSA) is 111 Å². The van der Waals surface area contributed by atoms with Crippen LogP contribution in [0.25, 0.3) is 0 Å². The van der Waals surface area contributed by atoms with Crippen LogP contribution in [0.1, 0.15) is 106 Å². The Hall–Kier alpha value is -2.92. The van der Waals surface area contributed by atoms with Gasteiger partial charge >= 0.3 is 0 Å². The number of amides is 2. The molecule has 1 saturated heterocycles. The number of hydrogen-bond acceptors (Lipinski definition) is 6. The molecule has 3 atom stereocenters. The van der Waals surface area contributed by atoms with Crippen molar-refractivity contribution in [1.82, 2.24) is 19.8 Å². The van der Waals surface area contributed by atoms with Crippen LogP contribution in [0, 0.1) is 12.8 Å². The van der Waals surface area contributed by atoms with Crippen molar-refractivity contribution in [2.24, 2.45) is 10.9 Å². The molecule has 1 aliphatic carbocycles. The molecule has 2 aromatic rings. The fraction of sp³-hybridized carbons (Fsp3) is 0.625. The van der Waals surface area contributed by atoms with E-state index in [0.29, 0.717) is 37.2 Å². The Labute approximate surface area is 300 Å². The zero-order valence-electron chi connectivity index (χ0n) is 30.5. The number of aliphatic imine (C=N–C) groups is 1. The van der Waals surface area contributed by atoms with Crippen molar-refractivity contribution in [3.8, 4) is 0 Å². The van der Waals surface area contributed by atoms with E-state index in [1.807, 2.05) is 55.1 Å². The van der Waals surface area contributed by atoms with E-state index in [9.17, 15) is 18.0 Å². The van der Waals surface area contributed by atoms with Crippen LogP contribution in [0.4, 0.5) is 0 Å². The van der Waals surface area contributed by atoms with Gasteiger partial charge < -0.3 is 10.2 Å². The molecule has 0 spiro atoms. The number of benzene rings is 2. The molecule has 2 unspecified atom stereocenters. The molecule has 9 nitrogen and oxygen atoms in total. The molecule has 10 heteroatoms. The summed E-state index contributed by atoms with van der Waals surface area (Å²) in [4.78, 5) is 36.7. The van der Waals surface area contributed by atoms with Crippen molar-refractivity contribution in [1.29, 1.82) is 0 Å². The smallest absolute Gasteiger partial charge is 0.268 e. The van der Waals surface area contributed by atoms with E-state index in [-0.39, 0.29) is 30.3 Å². The zero-order chi connectivity index (χ0) is 35.5. The molecule has 1 saturated carbocycles. The molecule has 5 rings (SSSR count). The predicted octanol–water partition coefficient (Wildman–Crippen LogP) is 5.76. The first-order chi connectivity index (χ1) is 24.1. The van der Waals surface area contributed by atoms with E-state index in [0.717, 1.165) is 74.8 Å². The maximum atomic E-state index is 14.1. The highest BCUT2D eigenvalue weighted by atomic mass is 32.2. The molecule has 3 aliphatic rings. The van der Waals surface area contributed by atoms with E-state index >= 15 is 0 Å². The first-order valence-electron chi connectivity index (χ1n) is 19.0. The quantitative estimate of drug-likeness (QED) is 0.180. The van der Waals surface area contributed by atoms with Crippen molar-refractivity contribution in [2.45, 2.75) is 115 Å². The summed E-state index contributed by atoms with van der Waals surface area (Å²) in [5, 5.41) is 3.49. The molecule has 2 heterocycles. The van der Waals surface area contributed by atoms with E-state index in [1.54, 1.807) is 0 Å². The van der Waals surface area contributed by atoms with Gasteiger partial charge in [-0.1, -0.05) is 92.6 Å². The highest BCUT2D eigenvalue weighted by Gasteiger charge is 2.33. The van der Waals surface area contributed by atoms with Gasteiger partial charge in [-0.2, -0.15) is 0 Å². The van der Waals surface area contributed by atoms with E-state index in [2.05, 4.69) is 32.1 Å². The predicted molar refractivity (Wildman–Crippen MR) is 202 cm³/mol. The number of carbonyl (C=O) groups excluding carboxylic acids is 2. The molecule has 2 aliphatic heterocycles. The van der Waals surface area contributed by atoms with Gasteiger partial charge in [-0.05, 0) is 75.1 Å². The van der Waals surface area contributed by atoms with Crippen LogP contribution in [0.15, 0.2) is 53.5 Å². The van der Waals surface area contributed by atoms with Crippen molar-refractivity contribution in [3.05, 3.63) is 70.8 Å². The second-order valence-corrected chi connectivity index (χ2v) is 16.8. The summed E-state index contributed by atoms with van der Waals surface area (Å²) >= 11 is 0. The number of unbranched alkanes of at least 4 members (excludes halogenated alkanes) is 2. The Morgan fingerprint density at radius 1 is 0.940 bits per heavy atom. The van der Waals surface area contributed by atoms with E-state index in [4.69, 9.17) is 0 Å². The monoisotopic (exact) mass is 705 g/mol. The normalized spacial score (nSPS) is 20.7. The first-order valence-corrected chi connectivity index (χ1v) is 20.9. The fourth-order valence-electron chi connectivity index (χ4n) is 8.29. The van der Waals surface area contributed by atoms with Crippen molar-refractivity contribution in [2.75, 3.05) is 39.0 Å². The van der Waals surface area contributed by atoms with Gasteiger partial charge in [0, 0.05) is 57.1 Å². The van der Waals surface area contributed by atoms with Gasteiger partial charge in [0.1, 0.15) is 5.71 Å². The van der Waals surface area contributed by atoms with Crippen molar-refractivity contribution >= 4 is 27.5 Å². The Kier molecular flexibility index (Phi) is 14.2.